The van der Waals surface area contributed by atoms with E-state index in [1.54, 1.807) is 0 Å². The Morgan fingerprint density at radius 3 is 2.71 bits per heavy atom. The SMILES string of the molecule is CC(C)C(=O)N1CC(OCCCN)C1. The monoisotopic (exact) mass is 200 g/mol. The first-order valence-electron chi connectivity index (χ1n) is 5.25. The molecule has 1 saturated heterocycles. The number of likely N-dealkylation sites (tertiary alicyclic amines) is 1. The molecule has 0 spiro atoms. The van der Waals surface area contributed by atoms with Crippen LogP contribution < -0.4 is 5.73 Å². The quantitative estimate of drug-likeness (QED) is 0.646. The summed E-state index contributed by atoms with van der Waals surface area (Å²) >= 11 is 0. The molecule has 1 fully saturated rings. The molecule has 1 aliphatic rings. The first kappa shape index (κ1) is 11.5. The predicted molar refractivity (Wildman–Crippen MR) is 54.8 cm³/mol. The molecule has 82 valence electrons. The minimum Gasteiger partial charge on any atom is -0.374 e. The third kappa shape index (κ3) is 2.96. The summed E-state index contributed by atoms with van der Waals surface area (Å²) in [4.78, 5) is 13.3. The van der Waals surface area contributed by atoms with Crippen molar-refractivity contribution in [2.24, 2.45) is 11.7 Å². The van der Waals surface area contributed by atoms with Crippen molar-refractivity contribution >= 4 is 5.91 Å². The Morgan fingerprint density at radius 2 is 2.21 bits per heavy atom. The number of nitrogens with zero attached hydrogens (tertiary/aromatic N) is 1. The zero-order valence-corrected chi connectivity index (χ0v) is 9.03. The Morgan fingerprint density at radius 1 is 1.57 bits per heavy atom. The van der Waals surface area contributed by atoms with E-state index in [9.17, 15) is 4.79 Å². The standard InChI is InChI=1S/C10H20N2O2/c1-8(2)10(13)12-6-9(7-12)14-5-3-4-11/h8-9H,3-7,11H2,1-2H3. The van der Waals surface area contributed by atoms with Crippen molar-refractivity contribution in [2.75, 3.05) is 26.2 Å². The molecule has 4 nitrogen and oxygen atoms in total. The van der Waals surface area contributed by atoms with Gasteiger partial charge in [0, 0.05) is 25.6 Å². The van der Waals surface area contributed by atoms with Crippen LogP contribution in [0.1, 0.15) is 20.3 Å². The van der Waals surface area contributed by atoms with Crippen LogP contribution in [-0.2, 0) is 9.53 Å². The van der Waals surface area contributed by atoms with Gasteiger partial charge in [0.2, 0.25) is 5.91 Å². The van der Waals surface area contributed by atoms with Crippen molar-refractivity contribution in [1.82, 2.24) is 4.90 Å². The largest absolute Gasteiger partial charge is 0.374 e. The van der Waals surface area contributed by atoms with Crippen LogP contribution in [0.5, 0.6) is 0 Å². The van der Waals surface area contributed by atoms with Crippen LogP contribution in [-0.4, -0.2) is 43.2 Å². The summed E-state index contributed by atoms with van der Waals surface area (Å²) < 4.78 is 5.50. The van der Waals surface area contributed by atoms with Gasteiger partial charge in [-0.05, 0) is 13.0 Å². The van der Waals surface area contributed by atoms with E-state index in [0.717, 1.165) is 19.5 Å². The molecule has 1 amide bonds. The smallest absolute Gasteiger partial charge is 0.225 e. The molecular weight excluding hydrogens is 180 g/mol. The molecule has 1 rings (SSSR count). The van der Waals surface area contributed by atoms with Gasteiger partial charge in [-0.3, -0.25) is 4.79 Å². The summed E-state index contributed by atoms with van der Waals surface area (Å²) in [6.07, 6.45) is 1.14. The zero-order valence-electron chi connectivity index (χ0n) is 9.03. The highest BCUT2D eigenvalue weighted by molar-refractivity contribution is 5.78. The Hall–Kier alpha value is -0.610. The van der Waals surface area contributed by atoms with Gasteiger partial charge in [0.25, 0.3) is 0 Å². The van der Waals surface area contributed by atoms with Gasteiger partial charge in [-0.2, -0.15) is 0 Å². The average molecular weight is 200 g/mol. The molecule has 0 aromatic heterocycles. The fourth-order valence-corrected chi connectivity index (χ4v) is 1.42. The van der Waals surface area contributed by atoms with Gasteiger partial charge >= 0.3 is 0 Å². The molecule has 0 atom stereocenters. The van der Waals surface area contributed by atoms with Crippen LogP contribution >= 0.6 is 0 Å². The summed E-state index contributed by atoms with van der Waals surface area (Å²) in [5, 5.41) is 0. The van der Waals surface area contributed by atoms with E-state index in [2.05, 4.69) is 0 Å². The van der Waals surface area contributed by atoms with Crippen molar-refractivity contribution in [3.05, 3.63) is 0 Å². The lowest BCUT2D eigenvalue weighted by Gasteiger charge is -2.39. The molecule has 1 aliphatic heterocycles. The number of amides is 1. The number of hydrogen-bond acceptors (Lipinski definition) is 3. The van der Waals surface area contributed by atoms with Crippen LogP contribution in [0, 0.1) is 5.92 Å². The molecule has 4 heteroatoms. The van der Waals surface area contributed by atoms with E-state index < -0.39 is 0 Å². The maximum Gasteiger partial charge on any atom is 0.225 e. The van der Waals surface area contributed by atoms with Crippen molar-refractivity contribution in [1.29, 1.82) is 0 Å². The summed E-state index contributed by atoms with van der Waals surface area (Å²) in [5.41, 5.74) is 5.34. The number of hydrogen-bond donors (Lipinski definition) is 1. The van der Waals surface area contributed by atoms with E-state index in [1.165, 1.54) is 0 Å². The Bertz CT molecular complexity index is 189. The lowest BCUT2D eigenvalue weighted by atomic mass is 10.1. The Labute approximate surface area is 85.4 Å². The summed E-state index contributed by atoms with van der Waals surface area (Å²) in [6.45, 7) is 6.73. The maximum atomic E-state index is 11.5. The molecular formula is C10H20N2O2. The number of nitrogens with two attached hydrogens (primary N) is 1. The van der Waals surface area contributed by atoms with E-state index in [0.29, 0.717) is 13.2 Å². The van der Waals surface area contributed by atoms with Crippen LogP contribution in [0.3, 0.4) is 0 Å². The molecule has 14 heavy (non-hydrogen) atoms. The number of ether oxygens (including phenoxy) is 1. The van der Waals surface area contributed by atoms with Crippen molar-refractivity contribution in [3.63, 3.8) is 0 Å². The Balaban J connectivity index is 2.08. The predicted octanol–water partition coefficient (Wildman–Crippen LogP) is 0.219. The summed E-state index contributed by atoms with van der Waals surface area (Å²) in [6, 6.07) is 0. The minimum atomic E-state index is 0.0972. The average Bonchev–Trinajstić information content (AvgIpc) is 2.08. The molecule has 0 aromatic rings. The molecule has 1 heterocycles. The molecule has 0 aromatic carbocycles. The van der Waals surface area contributed by atoms with Gasteiger partial charge < -0.3 is 15.4 Å². The van der Waals surface area contributed by atoms with Gasteiger partial charge in [0.05, 0.1) is 6.10 Å². The number of carbonyl (C=O) groups excluding carboxylic acids is 1. The van der Waals surface area contributed by atoms with Gasteiger partial charge in [-0.1, -0.05) is 13.8 Å². The second kappa shape index (κ2) is 5.32. The highest BCUT2D eigenvalue weighted by Crippen LogP contribution is 2.14. The molecule has 0 bridgehead atoms. The maximum absolute atomic E-state index is 11.5. The normalized spacial score (nSPS) is 17.3. The fraction of sp³-hybridized carbons (Fsp3) is 0.900. The van der Waals surface area contributed by atoms with E-state index in [1.807, 2.05) is 18.7 Å². The van der Waals surface area contributed by atoms with Gasteiger partial charge in [-0.25, -0.2) is 0 Å². The minimum absolute atomic E-state index is 0.0972. The highest BCUT2D eigenvalue weighted by atomic mass is 16.5. The van der Waals surface area contributed by atoms with Gasteiger partial charge in [-0.15, -0.1) is 0 Å². The third-order valence-corrected chi connectivity index (χ3v) is 2.36. The fourth-order valence-electron chi connectivity index (χ4n) is 1.42. The van der Waals surface area contributed by atoms with E-state index in [-0.39, 0.29) is 17.9 Å². The first-order chi connectivity index (χ1) is 6.65. The second-order valence-electron chi connectivity index (χ2n) is 4.03. The first-order valence-corrected chi connectivity index (χ1v) is 5.25. The lowest BCUT2D eigenvalue weighted by Crippen LogP contribution is -2.56. The molecule has 2 N–H and O–H groups in total. The molecule has 0 aliphatic carbocycles. The number of carbonyl (C=O) groups is 1. The topological polar surface area (TPSA) is 55.6 Å². The second-order valence-corrected chi connectivity index (χ2v) is 4.03. The van der Waals surface area contributed by atoms with Crippen LogP contribution in [0.4, 0.5) is 0 Å². The number of rotatable bonds is 5. The van der Waals surface area contributed by atoms with Gasteiger partial charge in [0.1, 0.15) is 0 Å². The molecule has 0 unspecified atom stereocenters. The molecule has 0 radical (unpaired) electrons. The van der Waals surface area contributed by atoms with Crippen LogP contribution in [0.25, 0.3) is 0 Å². The van der Waals surface area contributed by atoms with Crippen molar-refractivity contribution < 1.29 is 9.53 Å². The molecule has 0 saturated carbocycles. The van der Waals surface area contributed by atoms with Crippen molar-refractivity contribution in [3.8, 4) is 0 Å². The van der Waals surface area contributed by atoms with E-state index >= 15 is 0 Å². The van der Waals surface area contributed by atoms with Crippen LogP contribution in [0.2, 0.25) is 0 Å². The summed E-state index contributed by atoms with van der Waals surface area (Å²) in [5.74, 6) is 0.323. The lowest BCUT2D eigenvalue weighted by molar-refractivity contribution is -0.148. The third-order valence-electron chi connectivity index (χ3n) is 2.36. The highest BCUT2D eigenvalue weighted by Gasteiger charge is 2.31. The van der Waals surface area contributed by atoms with Gasteiger partial charge in [0.15, 0.2) is 0 Å². The summed E-state index contributed by atoms with van der Waals surface area (Å²) in [7, 11) is 0. The Kier molecular flexibility index (Phi) is 4.35. The zero-order chi connectivity index (χ0) is 10.6. The van der Waals surface area contributed by atoms with Crippen molar-refractivity contribution in [2.45, 2.75) is 26.4 Å². The van der Waals surface area contributed by atoms with E-state index in [4.69, 9.17) is 10.5 Å². The van der Waals surface area contributed by atoms with Crippen LogP contribution in [0.15, 0.2) is 0 Å².